The normalized spacial score (nSPS) is 14.7. The highest BCUT2D eigenvalue weighted by Crippen LogP contribution is 2.36. The second kappa shape index (κ2) is 6.99. The summed E-state index contributed by atoms with van der Waals surface area (Å²) in [5.41, 5.74) is 1.85. The molecule has 0 spiro atoms. The number of rotatable bonds is 3. The number of benzene rings is 2. The molecule has 0 radical (unpaired) electrons. The van der Waals surface area contributed by atoms with Crippen LogP contribution in [-0.4, -0.2) is 31.5 Å². The summed E-state index contributed by atoms with van der Waals surface area (Å²) >= 11 is 0. The predicted octanol–water partition coefficient (Wildman–Crippen LogP) is 3.95. The summed E-state index contributed by atoms with van der Waals surface area (Å²) in [5, 5.41) is 2.67. The number of carbonyl (C=O) groups excluding carboxylic acids is 1. The van der Waals surface area contributed by atoms with Crippen molar-refractivity contribution < 1.29 is 22.7 Å². The molecule has 0 aromatic heterocycles. The van der Waals surface area contributed by atoms with Gasteiger partial charge in [0.25, 0.3) is 5.91 Å². The average Bonchev–Trinajstić information content (AvgIpc) is 2.60. The molecule has 0 atom stereocenters. The Hall–Kier alpha value is -2.54. The molecule has 7 heteroatoms. The number of hydrogen-bond donors (Lipinski definition) is 1. The Bertz CT molecular complexity index is 834. The zero-order valence-corrected chi connectivity index (χ0v) is 14.5. The second-order valence-electron chi connectivity index (χ2n) is 6.34. The Balaban J connectivity index is 1.83. The van der Waals surface area contributed by atoms with Crippen LogP contribution in [0.4, 0.5) is 18.9 Å². The number of amides is 1. The fourth-order valence-electron chi connectivity index (χ4n) is 3.05. The molecule has 1 N–H and O–H groups in total. The number of hydrogen-bond acceptors (Lipinski definition) is 3. The van der Waals surface area contributed by atoms with Crippen molar-refractivity contribution in [1.82, 2.24) is 4.90 Å². The molecule has 0 saturated heterocycles. The molecule has 0 saturated carbocycles. The molecule has 26 heavy (non-hydrogen) atoms. The second-order valence-corrected chi connectivity index (χ2v) is 6.34. The third kappa shape index (κ3) is 3.83. The van der Waals surface area contributed by atoms with Crippen molar-refractivity contribution in [2.24, 2.45) is 0 Å². The molecule has 0 aliphatic carbocycles. The van der Waals surface area contributed by atoms with Crippen LogP contribution in [0.25, 0.3) is 0 Å². The van der Waals surface area contributed by atoms with Gasteiger partial charge in [0.15, 0.2) is 0 Å². The summed E-state index contributed by atoms with van der Waals surface area (Å²) in [6.07, 6.45) is -3.66. The molecule has 2 aromatic carbocycles. The number of methoxy groups -OCH3 is 1. The molecule has 1 aliphatic rings. The molecule has 1 heterocycles. The number of nitrogens with one attached hydrogen (secondary N) is 1. The minimum atomic E-state index is -4.60. The number of fused-ring (bicyclic) bond motifs is 1. The maximum absolute atomic E-state index is 13.1. The SMILES string of the molecule is COc1ccc(C(=O)Nc2ccc3c(c2)CN(C)CC3)cc1C(F)(F)F. The lowest BCUT2D eigenvalue weighted by atomic mass is 9.99. The maximum Gasteiger partial charge on any atom is 0.419 e. The first-order valence-corrected chi connectivity index (χ1v) is 8.15. The molecular formula is C19H19F3N2O2. The van der Waals surface area contributed by atoms with Gasteiger partial charge in [0, 0.05) is 24.3 Å². The van der Waals surface area contributed by atoms with Gasteiger partial charge in [0.1, 0.15) is 5.75 Å². The molecule has 138 valence electrons. The van der Waals surface area contributed by atoms with Gasteiger partial charge in [-0.05, 0) is 54.9 Å². The van der Waals surface area contributed by atoms with E-state index in [1.165, 1.54) is 11.6 Å². The predicted molar refractivity (Wildman–Crippen MR) is 92.4 cm³/mol. The van der Waals surface area contributed by atoms with Crippen LogP contribution in [0, 0.1) is 0 Å². The van der Waals surface area contributed by atoms with E-state index in [9.17, 15) is 18.0 Å². The monoisotopic (exact) mass is 364 g/mol. The van der Waals surface area contributed by atoms with Gasteiger partial charge in [0.2, 0.25) is 0 Å². The largest absolute Gasteiger partial charge is 0.496 e. The zero-order valence-electron chi connectivity index (χ0n) is 14.5. The summed E-state index contributed by atoms with van der Waals surface area (Å²) in [6, 6.07) is 8.87. The van der Waals surface area contributed by atoms with Crippen molar-refractivity contribution in [2.45, 2.75) is 19.1 Å². The number of carbonyl (C=O) groups is 1. The van der Waals surface area contributed by atoms with E-state index in [1.807, 2.05) is 19.2 Å². The molecule has 1 amide bonds. The maximum atomic E-state index is 13.1. The first-order chi connectivity index (χ1) is 12.3. The molecule has 3 rings (SSSR count). The van der Waals surface area contributed by atoms with Crippen LogP contribution in [-0.2, 0) is 19.1 Å². The summed E-state index contributed by atoms with van der Waals surface area (Å²) in [6.45, 7) is 1.75. The number of nitrogens with zero attached hydrogens (tertiary/aromatic N) is 1. The van der Waals surface area contributed by atoms with Gasteiger partial charge < -0.3 is 15.0 Å². The van der Waals surface area contributed by atoms with Gasteiger partial charge in [-0.1, -0.05) is 6.07 Å². The minimum Gasteiger partial charge on any atom is -0.496 e. The van der Waals surface area contributed by atoms with Crippen molar-refractivity contribution in [1.29, 1.82) is 0 Å². The van der Waals surface area contributed by atoms with Crippen molar-refractivity contribution in [2.75, 3.05) is 26.0 Å². The summed E-state index contributed by atoms with van der Waals surface area (Å²) in [7, 11) is 3.18. The third-order valence-corrected chi connectivity index (χ3v) is 4.43. The first kappa shape index (κ1) is 18.3. The van der Waals surface area contributed by atoms with Crippen LogP contribution in [0.3, 0.4) is 0 Å². The Kier molecular flexibility index (Phi) is 4.91. The van der Waals surface area contributed by atoms with Crippen LogP contribution in [0.1, 0.15) is 27.0 Å². The van der Waals surface area contributed by atoms with Crippen molar-refractivity contribution in [3.8, 4) is 5.75 Å². The highest BCUT2D eigenvalue weighted by atomic mass is 19.4. The number of likely N-dealkylation sites (N-methyl/N-ethyl adjacent to an activating group) is 1. The van der Waals surface area contributed by atoms with E-state index in [0.29, 0.717) is 5.69 Å². The van der Waals surface area contributed by atoms with Gasteiger partial charge in [0.05, 0.1) is 12.7 Å². The molecular weight excluding hydrogens is 345 g/mol. The highest BCUT2D eigenvalue weighted by Gasteiger charge is 2.35. The van der Waals surface area contributed by atoms with Gasteiger partial charge in [-0.3, -0.25) is 4.79 Å². The number of alkyl halides is 3. The fraction of sp³-hybridized carbons (Fsp3) is 0.316. The third-order valence-electron chi connectivity index (χ3n) is 4.43. The number of ether oxygens (including phenoxy) is 1. The molecule has 0 unspecified atom stereocenters. The van der Waals surface area contributed by atoms with E-state index in [1.54, 1.807) is 6.07 Å². The van der Waals surface area contributed by atoms with Gasteiger partial charge >= 0.3 is 6.18 Å². The summed E-state index contributed by atoms with van der Waals surface area (Å²) < 4.78 is 44.1. The Morgan fingerprint density at radius 1 is 1.15 bits per heavy atom. The van der Waals surface area contributed by atoms with E-state index in [0.717, 1.165) is 44.3 Å². The van der Waals surface area contributed by atoms with Crippen LogP contribution >= 0.6 is 0 Å². The van der Waals surface area contributed by atoms with Crippen LogP contribution in [0.5, 0.6) is 5.75 Å². The molecule has 0 fully saturated rings. The lowest BCUT2D eigenvalue weighted by Crippen LogP contribution is -2.26. The van der Waals surface area contributed by atoms with E-state index < -0.39 is 17.6 Å². The smallest absolute Gasteiger partial charge is 0.419 e. The number of halogens is 3. The van der Waals surface area contributed by atoms with Crippen molar-refractivity contribution >= 4 is 11.6 Å². The van der Waals surface area contributed by atoms with E-state index in [-0.39, 0.29) is 11.3 Å². The van der Waals surface area contributed by atoms with Crippen molar-refractivity contribution in [3.63, 3.8) is 0 Å². The quantitative estimate of drug-likeness (QED) is 0.897. The van der Waals surface area contributed by atoms with Gasteiger partial charge in [-0.25, -0.2) is 0 Å². The average molecular weight is 364 g/mol. The molecule has 1 aliphatic heterocycles. The Morgan fingerprint density at radius 3 is 2.62 bits per heavy atom. The van der Waals surface area contributed by atoms with Crippen molar-refractivity contribution in [3.05, 3.63) is 58.7 Å². The Morgan fingerprint density at radius 2 is 1.92 bits per heavy atom. The van der Waals surface area contributed by atoms with E-state index >= 15 is 0 Å². The molecule has 4 nitrogen and oxygen atoms in total. The Labute approximate surface area is 149 Å². The first-order valence-electron chi connectivity index (χ1n) is 8.15. The summed E-state index contributed by atoms with van der Waals surface area (Å²) in [4.78, 5) is 14.6. The lowest BCUT2D eigenvalue weighted by Gasteiger charge is -2.25. The lowest BCUT2D eigenvalue weighted by molar-refractivity contribution is -0.138. The van der Waals surface area contributed by atoms with Crippen LogP contribution in [0.2, 0.25) is 0 Å². The van der Waals surface area contributed by atoms with Gasteiger partial charge in [-0.15, -0.1) is 0 Å². The molecule has 0 bridgehead atoms. The minimum absolute atomic E-state index is 0.0760. The number of anilines is 1. The standard InChI is InChI=1S/C19H19F3N2O2/c1-24-8-7-12-3-5-15(9-14(12)11-24)23-18(25)13-4-6-17(26-2)16(10-13)19(20,21)22/h3-6,9-10H,7-8,11H2,1-2H3,(H,23,25). The van der Waals surface area contributed by atoms with Gasteiger partial charge in [-0.2, -0.15) is 13.2 Å². The van der Waals surface area contributed by atoms with Crippen LogP contribution in [0.15, 0.2) is 36.4 Å². The highest BCUT2D eigenvalue weighted by molar-refractivity contribution is 6.04. The van der Waals surface area contributed by atoms with E-state index in [2.05, 4.69) is 10.2 Å². The van der Waals surface area contributed by atoms with E-state index in [4.69, 9.17) is 4.74 Å². The molecule has 2 aromatic rings. The topological polar surface area (TPSA) is 41.6 Å². The summed E-state index contributed by atoms with van der Waals surface area (Å²) in [5.74, 6) is -0.909. The van der Waals surface area contributed by atoms with Crippen LogP contribution < -0.4 is 10.1 Å². The zero-order chi connectivity index (χ0) is 18.9. The fourth-order valence-corrected chi connectivity index (χ4v) is 3.05.